The van der Waals surface area contributed by atoms with Gasteiger partial charge in [0, 0.05) is 25.7 Å². The van der Waals surface area contributed by atoms with Crippen molar-refractivity contribution >= 4 is 5.91 Å². The van der Waals surface area contributed by atoms with Gasteiger partial charge in [0.1, 0.15) is 0 Å². The van der Waals surface area contributed by atoms with Crippen molar-refractivity contribution in [2.75, 3.05) is 6.54 Å². The summed E-state index contributed by atoms with van der Waals surface area (Å²) in [6.45, 7) is 4.04. The highest BCUT2D eigenvalue weighted by Crippen LogP contribution is 2.05. The third-order valence-electron chi connectivity index (χ3n) is 3.30. The van der Waals surface area contributed by atoms with Gasteiger partial charge in [-0.1, -0.05) is 30.3 Å². The smallest absolute Gasteiger partial charge is 0.221 e. The average Bonchev–Trinajstić information content (AvgIpc) is 2.52. The molecule has 0 saturated carbocycles. The van der Waals surface area contributed by atoms with Gasteiger partial charge in [0.15, 0.2) is 0 Å². The zero-order valence-electron chi connectivity index (χ0n) is 12.3. The molecular formula is C17H21N3O. The summed E-state index contributed by atoms with van der Waals surface area (Å²) < 4.78 is 0. The van der Waals surface area contributed by atoms with Crippen LogP contribution in [0.1, 0.15) is 23.2 Å². The lowest BCUT2D eigenvalue weighted by Gasteiger charge is -2.08. The first-order chi connectivity index (χ1) is 10.3. The number of amides is 1. The van der Waals surface area contributed by atoms with E-state index in [4.69, 9.17) is 0 Å². The molecule has 0 radical (unpaired) electrons. The highest BCUT2D eigenvalue weighted by molar-refractivity contribution is 5.75. The molecule has 110 valence electrons. The fourth-order valence-electron chi connectivity index (χ4n) is 2.01. The minimum absolute atomic E-state index is 0.0398. The molecule has 1 aromatic heterocycles. The fraction of sp³-hybridized carbons (Fsp3) is 0.294. The molecule has 1 amide bonds. The van der Waals surface area contributed by atoms with Gasteiger partial charge in [-0.05, 0) is 30.2 Å². The first kappa shape index (κ1) is 15.2. The molecule has 0 aliphatic rings. The van der Waals surface area contributed by atoms with Crippen LogP contribution < -0.4 is 10.6 Å². The Hall–Kier alpha value is -2.20. The molecule has 4 heteroatoms. The van der Waals surface area contributed by atoms with E-state index in [0.29, 0.717) is 19.5 Å². The Labute approximate surface area is 125 Å². The summed E-state index contributed by atoms with van der Waals surface area (Å²) in [6, 6.07) is 13.9. The number of benzene rings is 1. The van der Waals surface area contributed by atoms with Gasteiger partial charge < -0.3 is 10.6 Å². The van der Waals surface area contributed by atoms with E-state index in [1.165, 1.54) is 11.1 Å². The Kier molecular flexibility index (Phi) is 5.91. The van der Waals surface area contributed by atoms with Crippen molar-refractivity contribution in [3.8, 4) is 0 Å². The van der Waals surface area contributed by atoms with Crippen LogP contribution in [0.15, 0.2) is 48.7 Å². The lowest BCUT2D eigenvalue weighted by molar-refractivity contribution is -0.121. The zero-order chi connectivity index (χ0) is 14.9. The maximum atomic E-state index is 11.7. The van der Waals surface area contributed by atoms with Gasteiger partial charge in [-0.3, -0.25) is 9.78 Å². The summed E-state index contributed by atoms with van der Waals surface area (Å²) in [5.41, 5.74) is 3.41. The second-order valence-corrected chi connectivity index (χ2v) is 4.95. The summed E-state index contributed by atoms with van der Waals surface area (Å²) in [7, 11) is 0. The van der Waals surface area contributed by atoms with E-state index in [2.05, 4.69) is 34.7 Å². The Balaban J connectivity index is 1.62. The molecule has 2 N–H and O–H groups in total. The Morgan fingerprint density at radius 1 is 1.10 bits per heavy atom. The number of carbonyl (C=O) groups is 1. The van der Waals surface area contributed by atoms with Crippen LogP contribution in [0.5, 0.6) is 0 Å². The fourth-order valence-corrected chi connectivity index (χ4v) is 2.01. The summed E-state index contributed by atoms with van der Waals surface area (Å²) in [5, 5.41) is 6.16. The van der Waals surface area contributed by atoms with Crippen molar-refractivity contribution in [2.45, 2.75) is 26.4 Å². The van der Waals surface area contributed by atoms with Crippen LogP contribution in [-0.2, 0) is 17.9 Å². The zero-order valence-corrected chi connectivity index (χ0v) is 12.3. The van der Waals surface area contributed by atoms with Crippen molar-refractivity contribution in [3.05, 3.63) is 65.5 Å². The molecule has 0 aliphatic carbocycles. The predicted octanol–water partition coefficient (Wildman–Crippen LogP) is 2.19. The number of rotatable bonds is 7. The van der Waals surface area contributed by atoms with Crippen LogP contribution in [0.4, 0.5) is 0 Å². The minimum atomic E-state index is 0.0398. The van der Waals surface area contributed by atoms with E-state index >= 15 is 0 Å². The highest BCUT2D eigenvalue weighted by atomic mass is 16.1. The molecule has 21 heavy (non-hydrogen) atoms. The topological polar surface area (TPSA) is 54.0 Å². The molecule has 0 bridgehead atoms. The van der Waals surface area contributed by atoms with Gasteiger partial charge in [0.25, 0.3) is 0 Å². The first-order valence-corrected chi connectivity index (χ1v) is 7.17. The number of aryl methyl sites for hydroxylation is 1. The summed E-state index contributed by atoms with van der Waals surface area (Å²) >= 11 is 0. The molecule has 0 unspecified atom stereocenters. The monoisotopic (exact) mass is 283 g/mol. The maximum absolute atomic E-state index is 11.7. The molecule has 1 heterocycles. The molecule has 2 rings (SSSR count). The molecule has 0 spiro atoms. The summed E-state index contributed by atoms with van der Waals surface area (Å²) in [6.07, 6.45) is 2.20. The number of carbonyl (C=O) groups excluding carboxylic acids is 1. The third-order valence-corrected chi connectivity index (χ3v) is 3.30. The van der Waals surface area contributed by atoms with Gasteiger partial charge >= 0.3 is 0 Å². The Morgan fingerprint density at radius 3 is 2.67 bits per heavy atom. The molecular weight excluding hydrogens is 262 g/mol. The molecule has 0 atom stereocenters. The van der Waals surface area contributed by atoms with E-state index in [-0.39, 0.29) is 5.91 Å². The number of hydrogen-bond donors (Lipinski definition) is 2. The average molecular weight is 283 g/mol. The van der Waals surface area contributed by atoms with Crippen molar-refractivity contribution in [3.63, 3.8) is 0 Å². The van der Waals surface area contributed by atoms with Gasteiger partial charge in [0.05, 0.1) is 12.2 Å². The van der Waals surface area contributed by atoms with Gasteiger partial charge in [-0.15, -0.1) is 0 Å². The lowest BCUT2D eigenvalue weighted by Crippen LogP contribution is -2.27. The first-order valence-electron chi connectivity index (χ1n) is 7.17. The summed E-state index contributed by atoms with van der Waals surface area (Å²) in [5.74, 6) is 0.0398. The van der Waals surface area contributed by atoms with Crippen LogP contribution in [-0.4, -0.2) is 17.4 Å². The van der Waals surface area contributed by atoms with Crippen LogP contribution in [0.25, 0.3) is 0 Å². The number of nitrogens with zero attached hydrogens (tertiary/aromatic N) is 1. The SMILES string of the molecule is Cc1ccccc1CNCCC(=O)NCc1ccccn1. The highest BCUT2D eigenvalue weighted by Gasteiger charge is 2.02. The normalized spacial score (nSPS) is 10.3. The number of aromatic nitrogens is 1. The summed E-state index contributed by atoms with van der Waals surface area (Å²) in [4.78, 5) is 15.9. The van der Waals surface area contributed by atoms with Gasteiger partial charge in [0.2, 0.25) is 5.91 Å². The molecule has 2 aromatic rings. The molecule has 0 fully saturated rings. The van der Waals surface area contributed by atoms with Crippen molar-refractivity contribution in [1.82, 2.24) is 15.6 Å². The standard InChI is InChI=1S/C17H21N3O/c1-14-6-2-3-7-15(14)12-18-11-9-17(21)20-13-16-8-4-5-10-19-16/h2-8,10,18H,9,11-13H2,1H3,(H,20,21). The van der Waals surface area contributed by atoms with E-state index < -0.39 is 0 Å². The molecule has 4 nitrogen and oxygen atoms in total. The van der Waals surface area contributed by atoms with Crippen molar-refractivity contribution in [1.29, 1.82) is 0 Å². The lowest BCUT2D eigenvalue weighted by atomic mass is 10.1. The number of pyridine rings is 1. The van der Waals surface area contributed by atoms with Crippen molar-refractivity contribution in [2.24, 2.45) is 0 Å². The third kappa shape index (κ3) is 5.36. The second-order valence-electron chi connectivity index (χ2n) is 4.95. The van der Waals surface area contributed by atoms with Crippen LogP contribution in [0.2, 0.25) is 0 Å². The maximum Gasteiger partial charge on any atom is 0.221 e. The van der Waals surface area contributed by atoms with E-state index in [1.807, 2.05) is 30.3 Å². The van der Waals surface area contributed by atoms with Crippen molar-refractivity contribution < 1.29 is 4.79 Å². The van der Waals surface area contributed by atoms with E-state index in [9.17, 15) is 4.79 Å². The molecule has 1 aromatic carbocycles. The van der Waals surface area contributed by atoms with Crippen LogP contribution in [0, 0.1) is 6.92 Å². The van der Waals surface area contributed by atoms with E-state index in [0.717, 1.165) is 12.2 Å². The van der Waals surface area contributed by atoms with Gasteiger partial charge in [-0.2, -0.15) is 0 Å². The Bertz CT molecular complexity index is 569. The number of nitrogens with one attached hydrogen (secondary N) is 2. The quantitative estimate of drug-likeness (QED) is 0.766. The number of hydrogen-bond acceptors (Lipinski definition) is 3. The minimum Gasteiger partial charge on any atom is -0.350 e. The van der Waals surface area contributed by atoms with Gasteiger partial charge in [-0.25, -0.2) is 0 Å². The predicted molar refractivity (Wildman–Crippen MR) is 83.6 cm³/mol. The second kappa shape index (κ2) is 8.17. The van der Waals surface area contributed by atoms with E-state index in [1.54, 1.807) is 6.20 Å². The molecule has 0 aliphatic heterocycles. The Morgan fingerprint density at radius 2 is 1.90 bits per heavy atom. The van der Waals surface area contributed by atoms with Crippen LogP contribution in [0.3, 0.4) is 0 Å². The molecule has 0 saturated heterocycles. The van der Waals surface area contributed by atoms with Crippen LogP contribution >= 0.6 is 0 Å². The largest absolute Gasteiger partial charge is 0.350 e.